The summed E-state index contributed by atoms with van der Waals surface area (Å²) in [4.78, 5) is 16.8. The van der Waals surface area contributed by atoms with Gasteiger partial charge in [-0.1, -0.05) is 0 Å². The zero-order valence-corrected chi connectivity index (χ0v) is 15.9. The van der Waals surface area contributed by atoms with Crippen LogP contribution in [0.15, 0.2) is 18.2 Å². The van der Waals surface area contributed by atoms with Gasteiger partial charge in [0.05, 0.1) is 19.8 Å². The second-order valence-corrected chi connectivity index (χ2v) is 6.14. The molecule has 2 aromatic rings. The lowest BCUT2D eigenvalue weighted by molar-refractivity contribution is -0.120. The molecule has 1 aliphatic heterocycles. The topological polar surface area (TPSA) is 101 Å². The Morgan fingerprint density at radius 2 is 2.12 bits per heavy atom. The third-order valence-electron chi connectivity index (χ3n) is 4.38. The van der Waals surface area contributed by atoms with E-state index in [9.17, 15) is 4.79 Å². The lowest BCUT2D eigenvalue weighted by atomic mass is 9.92. The van der Waals surface area contributed by atoms with Crippen LogP contribution in [0.25, 0.3) is 11.4 Å². The lowest BCUT2D eigenvalue weighted by Crippen LogP contribution is -2.40. The number of carbonyl (C=O) groups excluding carboxylic acids is 1. The molecule has 1 aromatic carbocycles. The first-order valence-corrected chi connectivity index (χ1v) is 8.29. The number of nitrogens with one attached hydrogen (secondary N) is 3. The molecule has 0 bridgehead atoms. The SMILES string of the molecule is COc1ccc(-c2nc(NC(=O)[C@H]3CCN[C@@H](C)C3)n[nH]2)c(OC)c1.Cl. The van der Waals surface area contributed by atoms with Crippen LogP contribution in [0.4, 0.5) is 5.95 Å². The summed E-state index contributed by atoms with van der Waals surface area (Å²) in [6.07, 6.45) is 1.63. The molecule has 1 fully saturated rings. The highest BCUT2D eigenvalue weighted by Crippen LogP contribution is 2.31. The molecule has 142 valence electrons. The zero-order valence-electron chi connectivity index (χ0n) is 15.0. The van der Waals surface area contributed by atoms with Crippen molar-refractivity contribution >= 4 is 24.3 Å². The summed E-state index contributed by atoms with van der Waals surface area (Å²) in [5.74, 6) is 2.03. The maximum Gasteiger partial charge on any atom is 0.249 e. The smallest absolute Gasteiger partial charge is 0.249 e. The molecule has 0 saturated carbocycles. The average molecular weight is 382 g/mol. The molecule has 1 aromatic heterocycles. The van der Waals surface area contributed by atoms with E-state index in [1.54, 1.807) is 20.3 Å². The molecule has 0 spiro atoms. The quantitative estimate of drug-likeness (QED) is 0.734. The predicted octanol–water partition coefficient (Wildman–Crippen LogP) is 2.24. The Labute approximate surface area is 158 Å². The van der Waals surface area contributed by atoms with Crippen molar-refractivity contribution in [1.29, 1.82) is 0 Å². The first kappa shape index (κ1) is 20.0. The number of rotatable bonds is 5. The number of ether oxygens (including phenoxy) is 2. The zero-order chi connectivity index (χ0) is 17.8. The number of halogens is 1. The Balaban J connectivity index is 0.00000243. The van der Waals surface area contributed by atoms with Crippen molar-refractivity contribution < 1.29 is 14.3 Å². The van der Waals surface area contributed by atoms with Crippen molar-refractivity contribution in [2.24, 2.45) is 5.92 Å². The average Bonchev–Trinajstić information content (AvgIpc) is 3.09. The van der Waals surface area contributed by atoms with Crippen molar-refractivity contribution in [3.63, 3.8) is 0 Å². The molecular weight excluding hydrogens is 358 g/mol. The van der Waals surface area contributed by atoms with Gasteiger partial charge in [-0.2, -0.15) is 4.98 Å². The van der Waals surface area contributed by atoms with E-state index in [2.05, 4.69) is 32.7 Å². The number of benzene rings is 1. The fourth-order valence-corrected chi connectivity index (χ4v) is 3.01. The molecular formula is C17H24ClN5O3. The third kappa shape index (κ3) is 4.44. The predicted molar refractivity (Wildman–Crippen MR) is 101 cm³/mol. The van der Waals surface area contributed by atoms with Gasteiger partial charge in [-0.05, 0) is 38.4 Å². The Kier molecular flexibility index (Phi) is 6.82. The number of hydrogen-bond donors (Lipinski definition) is 3. The minimum Gasteiger partial charge on any atom is -0.497 e. The van der Waals surface area contributed by atoms with E-state index in [1.807, 2.05) is 12.1 Å². The highest BCUT2D eigenvalue weighted by Gasteiger charge is 2.25. The molecule has 1 amide bonds. The van der Waals surface area contributed by atoms with Crippen molar-refractivity contribution in [3.05, 3.63) is 18.2 Å². The van der Waals surface area contributed by atoms with Crippen LogP contribution in [0.1, 0.15) is 19.8 Å². The van der Waals surface area contributed by atoms with Gasteiger partial charge in [0.15, 0.2) is 5.82 Å². The number of carbonyl (C=O) groups is 1. The molecule has 3 N–H and O–H groups in total. The Morgan fingerprint density at radius 3 is 2.81 bits per heavy atom. The Hall–Kier alpha value is -2.32. The number of piperidine rings is 1. The molecule has 0 unspecified atom stereocenters. The molecule has 2 atom stereocenters. The van der Waals surface area contributed by atoms with Gasteiger partial charge in [0.25, 0.3) is 0 Å². The molecule has 0 radical (unpaired) electrons. The van der Waals surface area contributed by atoms with Crippen LogP contribution in [-0.4, -0.2) is 47.9 Å². The number of aromatic nitrogens is 3. The second kappa shape index (κ2) is 8.86. The Bertz CT molecular complexity index is 752. The van der Waals surface area contributed by atoms with E-state index in [1.165, 1.54) is 0 Å². The highest BCUT2D eigenvalue weighted by molar-refractivity contribution is 5.91. The molecule has 2 heterocycles. The molecule has 26 heavy (non-hydrogen) atoms. The summed E-state index contributed by atoms with van der Waals surface area (Å²) >= 11 is 0. The minimum absolute atomic E-state index is 0. The van der Waals surface area contributed by atoms with Gasteiger partial charge in [-0.25, -0.2) is 0 Å². The fraction of sp³-hybridized carbons (Fsp3) is 0.471. The monoisotopic (exact) mass is 381 g/mol. The molecule has 1 saturated heterocycles. The van der Waals surface area contributed by atoms with E-state index in [0.29, 0.717) is 23.4 Å². The second-order valence-electron chi connectivity index (χ2n) is 6.14. The summed E-state index contributed by atoms with van der Waals surface area (Å²) in [6, 6.07) is 5.76. The standard InChI is InChI=1S/C17H23N5O3.ClH/c1-10-8-11(6-7-18-10)16(23)20-17-19-15(21-22-17)13-5-4-12(24-2)9-14(13)25-3;/h4-5,9-11,18H,6-8H2,1-3H3,(H2,19,20,21,22,23);1H/t10-,11-;/m0./s1. The molecule has 0 aliphatic carbocycles. The van der Waals surface area contributed by atoms with Crippen molar-refractivity contribution in [1.82, 2.24) is 20.5 Å². The number of hydrogen-bond acceptors (Lipinski definition) is 6. The van der Waals surface area contributed by atoms with Crippen LogP contribution in [0.5, 0.6) is 11.5 Å². The first-order valence-electron chi connectivity index (χ1n) is 8.29. The van der Waals surface area contributed by atoms with Crippen LogP contribution in [0.3, 0.4) is 0 Å². The number of anilines is 1. The van der Waals surface area contributed by atoms with E-state index < -0.39 is 0 Å². The number of methoxy groups -OCH3 is 2. The van der Waals surface area contributed by atoms with Crippen LogP contribution >= 0.6 is 12.4 Å². The van der Waals surface area contributed by atoms with Crippen LogP contribution in [-0.2, 0) is 4.79 Å². The molecule has 9 heteroatoms. The number of amides is 1. The van der Waals surface area contributed by atoms with E-state index in [0.717, 1.165) is 24.9 Å². The molecule has 1 aliphatic rings. The normalized spacial score (nSPS) is 19.3. The fourth-order valence-electron chi connectivity index (χ4n) is 3.01. The van der Waals surface area contributed by atoms with Gasteiger partial charge in [0.2, 0.25) is 11.9 Å². The number of aromatic amines is 1. The summed E-state index contributed by atoms with van der Waals surface area (Å²) in [5.41, 5.74) is 0.742. The van der Waals surface area contributed by atoms with Gasteiger partial charge in [-0.15, -0.1) is 17.5 Å². The summed E-state index contributed by atoms with van der Waals surface area (Å²) in [7, 11) is 3.17. The summed E-state index contributed by atoms with van der Waals surface area (Å²) in [5, 5.41) is 13.1. The summed E-state index contributed by atoms with van der Waals surface area (Å²) in [6.45, 7) is 2.93. The number of H-pyrrole nitrogens is 1. The summed E-state index contributed by atoms with van der Waals surface area (Å²) < 4.78 is 10.6. The van der Waals surface area contributed by atoms with Gasteiger partial charge in [0, 0.05) is 18.0 Å². The van der Waals surface area contributed by atoms with E-state index in [4.69, 9.17) is 9.47 Å². The van der Waals surface area contributed by atoms with Crippen LogP contribution in [0, 0.1) is 5.92 Å². The highest BCUT2D eigenvalue weighted by atomic mass is 35.5. The maximum atomic E-state index is 12.4. The van der Waals surface area contributed by atoms with Gasteiger partial charge >= 0.3 is 0 Å². The number of nitrogens with zero attached hydrogens (tertiary/aromatic N) is 2. The van der Waals surface area contributed by atoms with Gasteiger partial charge < -0.3 is 14.8 Å². The van der Waals surface area contributed by atoms with Crippen molar-refractivity contribution in [2.75, 3.05) is 26.1 Å². The van der Waals surface area contributed by atoms with Gasteiger partial charge in [0.1, 0.15) is 11.5 Å². The maximum absolute atomic E-state index is 12.4. The minimum atomic E-state index is -0.0411. The largest absolute Gasteiger partial charge is 0.497 e. The van der Waals surface area contributed by atoms with Crippen molar-refractivity contribution in [3.8, 4) is 22.9 Å². The molecule has 8 nitrogen and oxygen atoms in total. The third-order valence-corrected chi connectivity index (χ3v) is 4.38. The Morgan fingerprint density at radius 1 is 1.31 bits per heavy atom. The van der Waals surface area contributed by atoms with Gasteiger partial charge in [-0.3, -0.25) is 15.2 Å². The van der Waals surface area contributed by atoms with E-state index in [-0.39, 0.29) is 30.2 Å². The van der Waals surface area contributed by atoms with Crippen molar-refractivity contribution in [2.45, 2.75) is 25.8 Å². The lowest BCUT2D eigenvalue weighted by Gasteiger charge is -2.26. The molecule has 3 rings (SSSR count). The van der Waals surface area contributed by atoms with Crippen LogP contribution < -0.4 is 20.1 Å². The van der Waals surface area contributed by atoms with Crippen LogP contribution in [0.2, 0.25) is 0 Å². The first-order chi connectivity index (χ1) is 12.1. The van der Waals surface area contributed by atoms with E-state index >= 15 is 0 Å².